The summed E-state index contributed by atoms with van der Waals surface area (Å²) in [6.07, 6.45) is 3.53. The van der Waals surface area contributed by atoms with Crippen LogP contribution in [0.3, 0.4) is 0 Å². The summed E-state index contributed by atoms with van der Waals surface area (Å²) >= 11 is 0. The summed E-state index contributed by atoms with van der Waals surface area (Å²) in [5.74, 6) is -4.35. The number of hydrogen-bond acceptors (Lipinski definition) is 13. The van der Waals surface area contributed by atoms with Crippen LogP contribution in [0, 0.1) is 11.8 Å². The van der Waals surface area contributed by atoms with Crippen molar-refractivity contribution in [3.63, 3.8) is 0 Å². The molecule has 1 saturated heterocycles. The molecule has 2 aromatic carbocycles. The molecular weight excluding hydrogens is 1070 g/mol. The van der Waals surface area contributed by atoms with Gasteiger partial charge in [0.2, 0.25) is 41.4 Å². The minimum Gasteiger partial charge on any atom is -0.444 e. The minimum absolute atomic E-state index is 0.0242. The molecule has 10 amide bonds. The number of benzene rings is 2. The molecule has 0 saturated carbocycles. The maximum atomic E-state index is 14.7. The van der Waals surface area contributed by atoms with E-state index in [1.54, 1.807) is 65.8 Å². The first-order chi connectivity index (χ1) is 39.0. The van der Waals surface area contributed by atoms with Gasteiger partial charge in [0.1, 0.15) is 41.4 Å². The number of nitrogens with one attached hydrogen (secondary N) is 8. The second kappa shape index (κ2) is 35.0. The Hall–Kier alpha value is -7.30. The highest BCUT2D eigenvalue weighted by atomic mass is 16.6. The number of alkyl carbamates (subject to hydrolysis) is 2. The van der Waals surface area contributed by atoms with Gasteiger partial charge in [-0.05, 0) is 147 Å². The third kappa shape index (κ3) is 28.0. The van der Waals surface area contributed by atoms with E-state index in [0.29, 0.717) is 62.9 Å². The van der Waals surface area contributed by atoms with E-state index in [0.717, 1.165) is 18.4 Å². The lowest BCUT2D eigenvalue weighted by molar-refractivity contribution is -0.142. The summed E-state index contributed by atoms with van der Waals surface area (Å²) in [5, 5.41) is 16.8. The molecule has 462 valence electrons. The number of nitrogens with zero attached hydrogens (tertiary/aromatic N) is 2. The lowest BCUT2D eigenvalue weighted by atomic mass is 10.0. The van der Waals surface area contributed by atoms with E-state index in [4.69, 9.17) is 15.2 Å². The van der Waals surface area contributed by atoms with Crippen LogP contribution in [-0.4, -0.2) is 143 Å². The van der Waals surface area contributed by atoms with Gasteiger partial charge in [0.25, 0.3) is 5.91 Å². The normalized spacial score (nSPS) is 14.7. The second-order valence-electron chi connectivity index (χ2n) is 24.0. The van der Waals surface area contributed by atoms with Crippen molar-refractivity contribution in [3.05, 3.63) is 65.7 Å². The van der Waals surface area contributed by atoms with Crippen molar-refractivity contribution in [2.24, 2.45) is 17.6 Å². The molecule has 83 heavy (non-hydrogen) atoms. The van der Waals surface area contributed by atoms with Gasteiger partial charge in [-0.2, -0.15) is 0 Å². The van der Waals surface area contributed by atoms with Gasteiger partial charge in [-0.25, -0.2) is 9.59 Å². The van der Waals surface area contributed by atoms with Gasteiger partial charge in [0, 0.05) is 45.1 Å². The smallest absolute Gasteiger partial charge is 0.408 e. The Bertz CT molecular complexity index is 2440. The first-order valence-corrected chi connectivity index (χ1v) is 29.2. The van der Waals surface area contributed by atoms with Gasteiger partial charge < -0.3 is 56.9 Å². The highest BCUT2D eigenvalue weighted by Gasteiger charge is 2.37. The van der Waals surface area contributed by atoms with Crippen molar-refractivity contribution in [2.75, 3.05) is 38.0 Å². The maximum Gasteiger partial charge on any atom is 0.408 e. The molecular formula is C60H95N11O12. The van der Waals surface area contributed by atoms with Crippen LogP contribution < -0.4 is 48.5 Å². The Kier molecular flexibility index (Phi) is 29.5. The number of hydrazine groups is 1. The number of anilines is 1. The zero-order chi connectivity index (χ0) is 61.9. The third-order valence-corrected chi connectivity index (χ3v) is 13.1. The Morgan fingerprint density at radius 3 is 1.90 bits per heavy atom. The van der Waals surface area contributed by atoms with Crippen LogP contribution in [0.4, 0.5) is 15.3 Å². The molecule has 1 aliphatic rings. The summed E-state index contributed by atoms with van der Waals surface area (Å²) in [5.41, 5.74) is 10.6. The quantitative estimate of drug-likeness (QED) is 0.0353. The van der Waals surface area contributed by atoms with Gasteiger partial charge in [0.05, 0.1) is 6.54 Å². The average Bonchev–Trinajstić information content (AvgIpc) is 4.15. The Labute approximate surface area is 490 Å². The molecule has 10 N–H and O–H groups in total. The summed E-state index contributed by atoms with van der Waals surface area (Å²) in [7, 11) is 0. The fraction of sp³-hybridized carbons (Fsp3) is 0.633. The molecule has 0 aliphatic carbocycles. The van der Waals surface area contributed by atoms with E-state index in [1.807, 2.05) is 58.0 Å². The van der Waals surface area contributed by atoms with Crippen molar-refractivity contribution in [1.29, 1.82) is 0 Å². The summed E-state index contributed by atoms with van der Waals surface area (Å²) in [6, 6.07) is 10.6. The van der Waals surface area contributed by atoms with Crippen LogP contribution in [0.1, 0.15) is 158 Å². The summed E-state index contributed by atoms with van der Waals surface area (Å²) in [6.45, 7) is 19.9. The molecule has 0 unspecified atom stereocenters. The van der Waals surface area contributed by atoms with Gasteiger partial charge in [0.15, 0.2) is 0 Å². The van der Waals surface area contributed by atoms with E-state index >= 15 is 0 Å². The number of carbonyl (C=O) groups excluding carboxylic acids is 10. The molecule has 2 aromatic rings. The van der Waals surface area contributed by atoms with Gasteiger partial charge in [-0.3, -0.25) is 49.2 Å². The molecule has 5 atom stereocenters. The number of carbonyl (C=O) groups is 10. The van der Waals surface area contributed by atoms with Gasteiger partial charge in [-0.15, -0.1) is 0 Å². The number of aryl methyl sites for hydroxylation is 1. The number of ether oxygens (including phenoxy) is 2. The highest BCUT2D eigenvalue weighted by Crippen LogP contribution is 2.20. The molecule has 0 radical (unpaired) electrons. The van der Waals surface area contributed by atoms with Gasteiger partial charge in [-0.1, -0.05) is 76.6 Å². The van der Waals surface area contributed by atoms with Crippen molar-refractivity contribution in [2.45, 2.75) is 201 Å². The minimum atomic E-state index is -1.18. The number of hydrogen-bond donors (Lipinski definition) is 9. The van der Waals surface area contributed by atoms with Crippen molar-refractivity contribution < 1.29 is 57.4 Å². The van der Waals surface area contributed by atoms with Crippen molar-refractivity contribution >= 4 is 65.1 Å². The van der Waals surface area contributed by atoms with Crippen LogP contribution >= 0.6 is 0 Å². The van der Waals surface area contributed by atoms with Crippen LogP contribution in [0.2, 0.25) is 0 Å². The molecule has 0 bridgehead atoms. The maximum absolute atomic E-state index is 14.7. The largest absolute Gasteiger partial charge is 0.444 e. The Balaban J connectivity index is 1.86. The van der Waals surface area contributed by atoms with Crippen molar-refractivity contribution in [3.8, 4) is 0 Å². The van der Waals surface area contributed by atoms with E-state index in [-0.39, 0.29) is 62.9 Å². The molecule has 1 aliphatic heterocycles. The van der Waals surface area contributed by atoms with E-state index in [2.05, 4.69) is 42.8 Å². The fourth-order valence-corrected chi connectivity index (χ4v) is 9.15. The van der Waals surface area contributed by atoms with E-state index in [1.165, 1.54) is 16.7 Å². The lowest BCUT2D eigenvalue weighted by Crippen LogP contribution is -2.57. The predicted octanol–water partition coefficient (Wildman–Crippen LogP) is 5.05. The molecule has 0 spiro atoms. The first-order valence-electron chi connectivity index (χ1n) is 29.2. The molecule has 23 heteroatoms. The number of likely N-dealkylation sites (tertiary alicyclic amines) is 1. The Morgan fingerprint density at radius 1 is 0.651 bits per heavy atom. The fourth-order valence-electron chi connectivity index (χ4n) is 9.15. The molecule has 23 nitrogen and oxygen atoms in total. The Morgan fingerprint density at radius 2 is 1.29 bits per heavy atom. The van der Waals surface area contributed by atoms with Crippen LogP contribution in [-0.2, 0) is 60.7 Å². The highest BCUT2D eigenvalue weighted by molar-refractivity contribution is 5.99. The lowest BCUT2D eigenvalue weighted by Gasteiger charge is -2.31. The topological polar surface area (TPSA) is 318 Å². The first kappa shape index (κ1) is 70.0. The number of rotatable bonds is 31. The zero-order valence-corrected chi connectivity index (χ0v) is 50.8. The molecule has 0 aromatic heterocycles. The summed E-state index contributed by atoms with van der Waals surface area (Å²) in [4.78, 5) is 138. The second-order valence-corrected chi connectivity index (χ2v) is 24.0. The third-order valence-electron chi connectivity index (χ3n) is 13.1. The van der Waals surface area contributed by atoms with E-state index < -0.39 is 101 Å². The van der Waals surface area contributed by atoms with Crippen LogP contribution in [0.15, 0.2) is 54.6 Å². The average molecular weight is 1160 g/mol. The number of amides is 10. The SMILES string of the molecule is CC(=O)N1CCC[C@H]1C(=O)N[C@@H](CC(C)C)C(=O)N(CCCCNC(=O)OC(C)(C)C)CC(=O)N[C@@H](CCc1ccccc1)C(=O)N[C@@H](CC(C)C)C(=O)Nc1ccc(C[C@@H](NC(=O)OC(C)(C)C)C(=O)NNC(=O)CCCCCN)cc1. The number of unbranched alkanes of at least 4 members (excludes halogenated alkanes) is 3. The molecule has 1 heterocycles. The zero-order valence-electron chi connectivity index (χ0n) is 50.8. The number of nitrogens with two attached hydrogens (primary N) is 1. The molecule has 3 rings (SSSR count). The van der Waals surface area contributed by atoms with Crippen LogP contribution in [0.5, 0.6) is 0 Å². The van der Waals surface area contributed by atoms with Gasteiger partial charge >= 0.3 is 12.2 Å². The summed E-state index contributed by atoms with van der Waals surface area (Å²) < 4.78 is 10.8. The van der Waals surface area contributed by atoms with E-state index in [9.17, 15) is 47.9 Å². The van der Waals surface area contributed by atoms with Crippen molar-refractivity contribution in [1.82, 2.24) is 47.2 Å². The standard InChI is InChI=1S/C60H95N11O12/c1-39(2)35-46(53(76)63-44-28-25-43(26-29-44)37-47(67-58(81)83-60(9,10)11)54(77)69-68-50(73)24-16-13-17-31-61)65-52(75)45(30-27-42-21-14-12-15-22-42)64-51(74)38-70(33-19-18-32-62-57(80)82-59(6,7)8)56(79)48(36-40(3)4)66-55(78)49-23-20-34-71(49)41(5)72/h12,14-15,21-22,25-26,28-29,39-40,45-49H,13,16-20,23-24,27,30-38,61H2,1-11H3,(H,62,80)(H,63,76)(H,64,74)(H,65,75)(H,66,78)(H,67,81)(H,68,73)(H,69,77)/t45-,46-,47+,48-,49-/m0/s1. The monoisotopic (exact) mass is 1160 g/mol. The van der Waals surface area contributed by atoms with Crippen LogP contribution in [0.25, 0.3) is 0 Å². The predicted molar refractivity (Wildman–Crippen MR) is 316 cm³/mol. The molecule has 1 fully saturated rings.